The quantitative estimate of drug-likeness (QED) is 0.352. The molecule has 1 N–H and O–H groups in total. The van der Waals surface area contributed by atoms with Crippen molar-refractivity contribution < 1.29 is 5.11 Å². The molecule has 0 saturated carbocycles. The van der Waals surface area contributed by atoms with Crippen molar-refractivity contribution in [3.8, 4) is 0 Å². The van der Waals surface area contributed by atoms with Gasteiger partial charge in [-0.15, -0.1) is 0 Å². The van der Waals surface area contributed by atoms with Crippen LogP contribution in [0.1, 0.15) is 39.0 Å². The van der Waals surface area contributed by atoms with Crippen molar-refractivity contribution in [3.05, 3.63) is 24.5 Å². The lowest BCUT2D eigenvalue weighted by Gasteiger charge is -1.94. The molecule has 0 aliphatic heterocycles. The van der Waals surface area contributed by atoms with Crippen LogP contribution in [-0.4, -0.2) is 5.11 Å². The number of hydrogen-bond donors (Lipinski definition) is 1. The summed E-state index contributed by atoms with van der Waals surface area (Å²) in [7, 11) is 0. The molecular formula is C10H18O. The maximum absolute atomic E-state index is 8.96. The van der Waals surface area contributed by atoms with Crippen molar-refractivity contribution in [1.82, 2.24) is 0 Å². The molecule has 0 spiro atoms. The maximum Gasteiger partial charge on any atom is 0.111 e. The summed E-state index contributed by atoms with van der Waals surface area (Å²) in [6.45, 7) is 5.65. The molecular weight excluding hydrogens is 136 g/mol. The summed E-state index contributed by atoms with van der Waals surface area (Å²) in [4.78, 5) is 0. The predicted molar refractivity (Wildman–Crippen MR) is 49.7 cm³/mol. The Morgan fingerprint density at radius 3 is 2.64 bits per heavy atom. The molecule has 0 rings (SSSR count). The first kappa shape index (κ1) is 10.3. The summed E-state index contributed by atoms with van der Waals surface area (Å²) < 4.78 is 0. The van der Waals surface area contributed by atoms with Gasteiger partial charge in [0.15, 0.2) is 0 Å². The van der Waals surface area contributed by atoms with Gasteiger partial charge in [0.25, 0.3) is 0 Å². The molecule has 0 bridgehead atoms. The summed E-state index contributed by atoms with van der Waals surface area (Å²) in [5.74, 6) is 0.307. The van der Waals surface area contributed by atoms with E-state index >= 15 is 0 Å². The van der Waals surface area contributed by atoms with E-state index in [2.05, 4.69) is 13.5 Å². The smallest absolute Gasteiger partial charge is 0.111 e. The van der Waals surface area contributed by atoms with E-state index in [0.717, 1.165) is 6.42 Å². The molecule has 0 unspecified atom stereocenters. The van der Waals surface area contributed by atoms with Crippen LogP contribution in [0.3, 0.4) is 0 Å². The average molecular weight is 154 g/mol. The van der Waals surface area contributed by atoms with Crippen LogP contribution in [0.4, 0.5) is 0 Å². The average Bonchev–Trinajstić information content (AvgIpc) is 2.04. The zero-order chi connectivity index (χ0) is 8.53. The minimum absolute atomic E-state index is 0.307. The highest BCUT2D eigenvalue weighted by Crippen LogP contribution is 2.04. The van der Waals surface area contributed by atoms with Crippen LogP contribution in [0.25, 0.3) is 0 Å². The minimum Gasteiger partial charge on any atom is -0.508 e. The van der Waals surface area contributed by atoms with E-state index in [4.69, 9.17) is 5.11 Å². The molecule has 0 aromatic rings. The van der Waals surface area contributed by atoms with Crippen molar-refractivity contribution in [3.63, 3.8) is 0 Å². The van der Waals surface area contributed by atoms with Crippen molar-refractivity contribution in [2.45, 2.75) is 39.0 Å². The monoisotopic (exact) mass is 154 g/mol. The number of unbranched alkanes of at least 4 members (excludes halogenated alkanes) is 4. The number of aliphatic hydroxyl groups is 1. The fourth-order valence-corrected chi connectivity index (χ4v) is 0.904. The van der Waals surface area contributed by atoms with Gasteiger partial charge in [0.05, 0.1) is 0 Å². The Morgan fingerprint density at radius 1 is 1.36 bits per heavy atom. The van der Waals surface area contributed by atoms with Gasteiger partial charge in [-0.3, -0.25) is 0 Å². The molecule has 0 heterocycles. The largest absolute Gasteiger partial charge is 0.508 e. The number of hydrogen-bond acceptors (Lipinski definition) is 1. The van der Waals surface area contributed by atoms with Crippen LogP contribution in [0.5, 0.6) is 0 Å². The second kappa shape index (κ2) is 7.39. The maximum atomic E-state index is 8.96. The van der Waals surface area contributed by atoms with Crippen LogP contribution < -0.4 is 0 Å². The van der Waals surface area contributed by atoms with E-state index in [9.17, 15) is 0 Å². The van der Waals surface area contributed by atoms with E-state index in [1.807, 2.05) is 6.08 Å². The molecule has 0 aliphatic rings. The third kappa shape index (κ3) is 7.17. The highest BCUT2D eigenvalue weighted by Gasteiger charge is 1.86. The second-order valence-corrected chi connectivity index (χ2v) is 2.68. The number of allylic oxidation sites excluding steroid dienone is 2. The molecule has 1 heteroatoms. The zero-order valence-corrected chi connectivity index (χ0v) is 7.34. The fourth-order valence-electron chi connectivity index (χ4n) is 0.904. The lowest BCUT2D eigenvalue weighted by molar-refractivity contribution is 0.429. The highest BCUT2D eigenvalue weighted by atomic mass is 16.3. The van der Waals surface area contributed by atoms with Crippen LogP contribution in [0, 0.1) is 0 Å². The predicted octanol–water partition coefficient (Wildman–Crippen LogP) is 3.58. The third-order valence-electron chi connectivity index (χ3n) is 1.62. The first-order valence-electron chi connectivity index (χ1n) is 4.32. The highest BCUT2D eigenvalue weighted by molar-refractivity contribution is 5.05. The molecule has 0 aliphatic carbocycles. The Morgan fingerprint density at radius 2 is 2.09 bits per heavy atom. The third-order valence-corrected chi connectivity index (χ3v) is 1.62. The van der Waals surface area contributed by atoms with Gasteiger partial charge in [-0.05, 0) is 25.0 Å². The molecule has 0 aromatic carbocycles. The second-order valence-electron chi connectivity index (χ2n) is 2.68. The summed E-state index contributed by atoms with van der Waals surface area (Å²) in [5.41, 5.74) is 0. The van der Waals surface area contributed by atoms with E-state index in [1.165, 1.54) is 31.8 Å². The van der Waals surface area contributed by atoms with Gasteiger partial charge in [-0.25, -0.2) is 0 Å². The minimum atomic E-state index is 0.307. The normalized spacial score (nSPS) is 11.5. The Kier molecular flexibility index (Phi) is 6.90. The van der Waals surface area contributed by atoms with Gasteiger partial charge in [-0.1, -0.05) is 32.8 Å². The van der Waals surface area contributed by atoms with E-state index < -0.39 is 0 Å². The van der Waals surface area contributed by atoms with Crippen molar-refractivity contribution >= 4 is 0 Å². The summed E-state index contributed by atoms with van der Waals surface area (Å²) in [6.07, 6.45) is 9.25. The molecule has 0 saturated heterocycles. The Bertz CT molecular complexity index is 125. The van der Waals surface area contributed by atoms with Crippen LogP contribution in [0.15, 0.2) is 24.5 Å². The number of rotatable bonds is 6. The molecule has 0 fully saturated rings. The van der Waals surface area contributed by atoms with Gasteiger partial charge in [-0.2, -0.15) is 0 Å². The van der Waals surface area contributed by atoms with Gasteiger partial charge in [0, 0.05) is 0 Å². The summed E-state index contributed by atoms with van der Waals surface area (Å²) in [5, 5.41) is 8.96. The van der Waals surface area contributed by atoms with Gasteiger partial charge < -0.3 is 5.11 Å². The van der Waals surface area contributed by atoms with Gasteiger partial charge in [0.1, 0.15) is 5.76 Å². The SMILES string of the molecule is C=C/C(O)=C/CCCCCC. The van der Waals surface area contributed by atoms with Crippen LogP contribution in [0.2, 0.25) is 0 Å². The Hall–Kier alpha value is -0.720. The summed E-state index contributed by atoms with van der Waals surface area (Å²) >= 11 is 0. The lowest BCUT2D eigenvalue weighted by atomic mass is 10.1. The molecule has 0 radical (unpaired) electrons. The topological polar surface area (TPSA) is 20.2 Å². The lowest BCUT2D eigenvalue weighted by Crippen LogP contribution is -1.76. The Balaban J connectivity index is 3.19. The van der Waals surface area contributed by atoms with Gasteiger partial charge >= 0.3 is 0 Å². The van der Waals surface area contributed by atoms with Crippen molar-refractivity contribution in [2.75, 3.05) is 0 Å². The molecule has 0 atom stereocenters. The molecule has 11 heavy (non-hydrogen) atoms. The number of aliphatic hydroxyl groups excluding tert-OH is 1. The van der Waals surface area contributed by atoms with Gasteiger partial charge in [0.2, 0.25) is 0 Å². The molecule has 0 amide bonds. The molecule has 64 valence electrons. The molecule has 1 nitrogen and oxygen atoms in total. The van der Waals surface area contributed by atoms with E-state index in [-0.39, 0.29) is 0 Å². The summed E-state index contributed by atoms with van der Waals surface area (Å²) in [6, 6.07) is 0. The van der Waals surface area contributed by atoms with Crippen molar-refractivity contribution in [2.24, 2.45) is 0 Å². The van der Waals surface area contributed by atoms with Crippen molar-refractivity contribution in [1.29, 1.82) is 0 Å². The van der Waals surface area contributed by atoms with E-state index in [1.54, 1.807) is 0 Å². The molecule has 0 aromatic heterocycles. The van der Waals surface area contributed by atoms with Crippen LogP contribution in [-0.2, 0) is 0 Å². The first-order chi connectivity index (χ1) is 5.31. The van der Waals surface area contributed by atoms with E-state index in [0.29, 0.717) is 5.76 Å². The first-order valence-corrected chi connectivity index (χ1v) is 4.32. The zero-order valence-electron chi connectivity index (χ0n) is 7.34. The standard InChI is InChI=1S/C10H18O/c1-3-5-6-7-8-9-10(11)4-2/h4,9,11H,2-3,5-8H2,1H3/b10-9-. The Labute approximate surface area is 69.4 Å². The fraction of sp³-hybridized carbons (Fsp3) is 0.600. The van der Waals surface area contributed by atoms with Crippen LogP contribution >= 0.6 is 0 Å².